The lowest BCUT2D eigenvalue weighted by atomic mass is 9.93. The molecule has 20 heavy (non-hydrogen) atoms. The van der Waals surface area contributed by atoms with Gasteiger partial charge in [-0.25, -0.2) is 4.39 Å². The Morgan fingerprint density at radius 2 is 2.05 bits per heavy atom. The molecular weight excluding hydrogens is 253 g/mol. The van der Waals surface area contributed by atoms with Crippen LogP contribution in [0.4, 0.5) is 4.39 Å². The summed E-state index contributed by atoms with van der Waals surface area (Å²) in [6.07, 6.45) is 1.76. The first-order valence-corrected chi connectivity index (χ1v) is 6.95. The molecule has 1 aliphatic heterocycles. The van der Waals surface area contributed by atoms with Crippen molar-refractivity contribution in [1.29, 1.82) is 0 Å². The zero-order valence-corrected chi connectivity index (χ0v) is 11.5. The Morgan fingerprint density at radius 3 is 2.80 bits per heavy atom. The second-order valence-corrected chi connectivity index (χ2v) is 5.24. The molecule has 0 radical (unpaired) electrons. The van der Waals surface area contributed by atoms with Crippen LogP contribution >= 0.6 is 0 Å². The number of benzene rings is 2. The lowest BCUT2D eigenvalue weighted by Crippen LogP contribution is -2.30. The van der Waals surface area contributed by atoms with E-state index in [1.165, 1.54) is 6.07 Å². The lowest BCUT2D eigenvalue weighted by molar-refractivity contribution is 0.181. The SMILES string of the molecule is Cc1ccccc1-c1c(F)ccc2c1O[C@@H](CN)CC2. The number of ether oxygens (including phenoxy) is 1. The van der Waals surface area contributed by atoms with E-state index < -0.39 is 0 Å². The van der Waals surface area contributed by atoms with Crippen LogP contribution in [0.1, 0.15) is 17.5 Å². The summed E-state index contributed by atoms with van der Waals surface area (Å²) in [7, 11) is 0. The van der Waals surface area contributed by atoms with E-state index >= 15 is 0 Å². The zero-order valence-electron chi connectivity index (χ0n) is 11.5. The quantitative estimate of drug-likeness (QED) is 0.908. The third-order valence-electron chi connectivity index (χ3n) is 3.89. The Hall–Kier alpha value is -1.87. The van der Waals surface area contributed by atoms with Gasteiger partial charge in [-0.3, -0.25) is 0 Å². The maximum Gasteiger partial charge on any atom is 0.134 e. The van der Waals surface area contributed by atoms with Gasteiger partial charge < -0.3 is 10.5 Å². The van der Waals surface area contributed by atoms with Crippen LogP contribution in [0.5, 0.6) is 5.75 Å². The van der Waals surface area contributed by atoms with E-state index in [1.54, 1.807) is 0 Å². The summed E-state index contributed by atoms with van der Waals surface area (Å²) in [5.74, 6) is 0.428. The maximum absolute atomic E-state index is 14.4. The minimum Gasteiger partial charge on any atom is -0.488 e. The van der Waals surface area contributed by atoms with Crippen molar-refractivity contribution in [2.24, 2.45) is 5.73 Å². The molecule has 3 heteroatoms. The van der Waals surface area contributed by atoms with Gasteiger partial charge in [-0.1, -0.05) is 30.3 Å². The summed E-state index contributed by atoms with van der Waals surface area (Å²) in [6, 6.07) is 11.1. The highest BCUT2D eigenvalue weighted by Crippen LogP contribution is 2.40. The van der Waals surface area contributed by atoms with E-state index in [0.717, 1.165) is 29.5 Å². The summed E-state index contributed by atoms with van der Waals surface area (Å²) in [6.45, 7) is 2.45. The number of halogens is 1. The maximum atomic E-state index is 14.4. The van der Waals surface area contributed by atoms with Crippen LogP contribution < -0.4 is 10.5 Å². The molecule has 0 aliphatic carbocycles. The fraction of sp³-hybridized carbons (Fsp3) is 0.294. The van der Waals surface area contributed by atoms with E-state index in [0.29, 0.717) is 17.9 Å². The van der Waals surface area contributed by atoms with Gasteiger partial charge in [0.25, 0.3) is 0 Å². The van der Waals surface area contributed by atoms with E-state index in [2.05, 4.69) is 0 Å². The smallest absolute Gasteiger partial charge is 0.134 e. The zero-order chi connectivity index (χ0) is 14.1. The second-order valence-electron chi connectivity index (χ2n) is 5.24. The van der Waals surface area contributed by atoms with E-state index in [9.17, 15) is 4.39 Å². The van der Waals surface area contributed by atoms with Crippen LogP contribution in [0.25, 0.3) is 11.1 Å². The molecule has 0 saturated carbocycles. The highest BCUT2D eigenvalue weighted by Gasteiger charge is 2.24. The van der Waals surface area contributed by atoms with Crippen molar-refractivity contribution in [2.45, 2.75) is 25.9 Å². The number of nitrogens with two attached hydrogens (primary N) is 1. The summed E-state index contributed by atoms with van der Waals surface area (Å²) < 4.78 is 20.3. The molecule has 1 heterocycles. The molecule has 0 unspecified atom stereocenters. The Labute approximate surface area is 118 Å². The highest BCUT2D eigenvalue weighted by atomic mass is 19.1. The average molecular weight is 271 g/mol. The average Bonchev–Trinajstić information content (AvgIpc) is 2.48. The van der Waals surface area contributed by atoms with Gasteiger partial charge in [-0.2, -0.15) is 0 Å². The molecule has 1 aliphatic rings. The first kappa shape index (κ1) is 13.1. The number of fused-ring (bicyclic) bond motifs is 1. The molecule has 2 nitrogen and oxygen atoms in total. The van der Waals surface area contributed by atoms with Gasteiger partial charge in [0.05, 0.1) is 5.56 Å². The first-order chi connectivity index (χ1) is 9.70. The Morgan fingerprint density at radius 1 is 1.25 bits per heavy atom. The van der Waals surface area contributed by atoms with E-state index in [-0.39, 0.29) is 11.9 Å². The Balaban J connectivity index is 2.18. The molecule has 3 rings (SSSR count). The van der Waals surface area contributed by atoms with E-state index in [4.69, 9.17) is 10.5 Å². The first-order valence-electron chi connectivity index (χ1n) is 6.95. The van der Waals surface area contributed by atoms with Gasteiger partial charge in [-0.05, 0) is 42.5 Å². The summed E-state index contributed by atoms with van der Waals surface area (Å²) in [4.78, 5) is 0. The van der Waals surface area contributed by atoms with Crippen molar-refractivity contribution in [3.8, 4) is 16.9 Å². The molecule has 1 atom stereocenters. The van der Waals surface area contributed by atoms with Crippen molar-refractivity contribution in [2.75, 3.05) is 6.54 Å². The molecule has 2 aromatic rings. The van der Waals surface area contributed by atoms with Crippen molar-refractivity contribution in [1.82, 2.24) is 0 Å². The fourth-order valence-electron chi connectivity index (χ4n) is 2.75. The summed E-state index contributed by atoms with van der Waals surface area (Å²) in [5.41, 5.74) is 9.26. The highest BCUT2D eigenvalue weighted by molar-refractivity contribution is 5.75. The van der Waals surface area contributed by atoms with Crippen molar-refractivity contribution in [3.05, 3.63) is 53.3 Å². The number of aryl methyl sites for hydroxylation is 2. The molecular formula is C17H18FNO. The number of rotatable bonds is 2. The van der Waals surface area contributed by atoms with Gasteiger partial charge in [0.2, 0.25) is 0 Å². The van der Waals surface area contributed by atoms with Crippen molar-refractivity contribution >= 4 is 0 Å². The van der Waals surface area contributed by atoms with Gasteiger partial charge >= 0.3 is 0 Å². The predicted octanol–water partition coefficient (Wildman–Crippen LogP) is 3.45. The van der Waals surface area contributed by atoms with Crippen LogP contribution in [0.15, 0.2) is 36.4 Å². The fourth-order valence-corrected chi connectivity index (χ4v) is 2.75. The standard InChI is InChI=1S/C17H18FNO/c1-11-4-2-3-5-14(11)16-15(18)9-7-12-6-8-13(10-19)20-17(12)16/h2-5,7,9,13H,6,8,10,19H2,1H3/t13-/m1/s1. The lowest BCUT2D eigenvalue weighted by Gasteiger charge is -2.27. The topological polar surface area (TPSA) is 35.2 Å². The molecule has 104 valence electrons. The minimum atomic E-state index is -0.240. The second kappa shape index (κ2) is 5.25. The molecule has 0 fully saturated rings. The van der Waals surface area contributed by atoms with Crippen LogP contribution in [-0.2, 0) is 6.42 Å². The molecule has 0 saturated heterocycles. The molecule has 2 aromatic carbocycles. The van der Waals surface area contributed by atoms with Gasteiger partial charge in [-0.15, -0.1) is 0 Å². The molecule has 2 N–H and O–H groups in total. The van der Waals surface area contributed by atoms with Crippen LogP contribution in [0.3, 0.4) is 0 Å². The summed E-state index contributed by atoms with van der Waals surface area (Å²) in [5, 5.41) is 0. The number of hydrogen-bond acceptors (Lipinski definition) is 2. The monoisotopic (exact) mass is 271 g/mol. The third-order valence-corrected chi connectivity index (χ3v) is 3.89. The molecule has 0 bridgehead atoms. The van der Waals surface area contributed by atoms with Crippen LogP contribution in [0, 0.1) is 12.7 Å². The van der Waals surface area contributed by atoms with Crippen molar-refractivity contribution < 1.29 is 9.13 Å². The predicted molar refractivity (Wildman–Crippen MR) is 78.4 cm³/mol. The van der Waals surface area contributed by atoms with Gasteiger partial charge in [0, 0.05) is 6.54 Å². The molecule has 0 amide bonds. The molecule has 0 aromatic heterocycles. The van der Waals surface area contributed by atoms with E-state index in [1.807, 2.05) is 37.3 Å². The van der Waals surface area contributed by atoms with Crippen LogP contribution in [-0.4, -0.2) is 12.6 Å². The Kier molecular flexibility index (Phi) is 3.45. The normalized spacial score (nSPS) is 17.4. The van der Waals surface area contributed by atoms with Gasteiger partial charge in [0.15, 0.2) is 0 Å². The number of hydrogen-bond donors (Lipinski definition) is 1. The van der Waals surface area contributed by atoms with Crippen molar-refractivity contribution in [3.63, 3.8) is 0 Å². The largest absolute Gasteiger partial charge is 0.488 e. The Bertz CT molecular complexity index is 639. The molecule has 0 spiro atoms. The third kappa shape index (κ3) is 2.18. The summed E-state index contributed by atoms with van der Waals surface area (Å²) >= 11 is 0. The minimum absolute atomic E-state index is 0.0212. The van der Waals surface area contributed by atoms with Crippen LogP contribution in [0.2, 0.25) is 0 Å². The van der Waals surface area contributed by atoms with Gasteiger partial charge in [0.1, 0.15) is 17.7 Å².